The Kier molecular flexibility index (Phi) is 9.19. The molecule has 0 amide bonds. The van der Waals surface area contributed by atoms with Crippen LogP contribution in [0.5, 0.6) is 5.75 Å². The fourth-order valence-electron chi connectivity index (χ4n) is 3.38. The van der Waals surface area contributed by atoms with Crippen molar-refractivity contribution >= 4 is 5.84 Å². The van der Waals surface area contributed by atoms with E-state index in [1.165, 1.54) is 12.1 Å². The number of ether oxygens (including phenoxy) is 1. The summed E-state index contributed by atoms with van der Waals surface area (Å²) in [6, 6.07) is 8.48. The number of halogens is 3. The van der Waals surface area contributed by atoms with Gasteiger partial charge in [0.05, 0.1) is 12.2 Å². The van der Waals surface area contributed by atoms with Crippen molar-refractivity contribution in [2.24, 2.45) is 5.10 Å². The van der Waals surface area contributed by atoms with E-state index in [9.17, 15) is 18.3 Å². The largest absolute Gasteiger partial charge is 0.508 e. The molecule has 0 aromatic heterocycles. The van der Waals surface area contributed by atoms with Gasteiger partial charge in [-0.2, -0.15) is 13.2 Å². The fraction of sp³-hybridized carbons (Fsp3) is 0.222. The summed E-state index contributed by atoms with van der Waals surface area (Å²) in [5, 5.41) is 13.6. The molecule has 0 radical (unpaired) electrons. The number of hydrogen-bond donors (Lipinski definition) is 4. The third kappa shape index (κ3) is 7.42. The zero-order valence-electron chi connectivity index (χ0n) is 19.9. The highest BCUT2D eigenvalue weighted by Crippen LogP contribution is 2.33. The molecule has 2 aromatic rings. The lowest BCUT2D eigenvalue weighted by Gasteiger charge is -2.11. The molecule has 0 saturated heterocycles. The zero-order chi connectivity index (χ0) is 26.0. The van der Waals surface area contributed by atoms with Crippen molar-refractivity contribution in [3.8, 4) is 17.6 Å². The number of hydrogen-bond acceptors (Lipinski definition) is 6. The maximum atomic E-state index is 13.4. The smallest absolute Gasteiger partial charge is 0.417 e. The van der Waals surface area contributed by atoms with Crippen molar-refractivity contribution in [1.82, 2.24) is 16.5 Å². The molecule has 0 spiro atoms. The number of nitrogens with zero attached hydrogens (tertiary/aromatic N) is 1. The SMILES string of the molecule is C\C=C/C=C(\C=C/C)OCCCc1cc(C2=NNNN2)ccc1C#Cc1ccc(O)cc1C(F)(F)F. The predicted octanol–water partition coefficient (Wildman–Crippen LogP) is 5.07. The Balaban J connectivity index is 1.86. The summed E-state index contributed by atoms with van der Waals surface area (Å²) in [4.78, 5) is 0. The number of phenolic OH excluding ortho intramolecular Hbond substituents is 1. The molecule has 0 saturated carbocycles. The molecular weight excluding hydrogens is 469 g/mol. The lowest BCUT2D eigenvalue weighted by atomic mass is 9.99. The number of benzene rings is 2. The number of allylic oxidation sites excluding steroid dienone is 5. The summed E-state index contributed by atoms with van der Waals surface area (Å²) in [7, 11) is 0. The van der Waals surface area contributed by atoms with Crippen LogP contribution in [0.25, 0.3) is 0 Å². The van der Waals surface area contributed by atoms with Crippen LogP contribution in [0.2, 0.25) is 0 Å². The standard InChI is InChI=1S/C27H27F3N4O2/c1-3-5-9-24(7-4-2)36-16-6-8-21-17-22(26-31-33-34-32-26)13-11-19(21)10-12-20-14-15-23(35)18-25(20)27(28,29)30/h3-5,7,9,11,13-15,17-18,33-35H,6,8,16H2,1-2H3,(H,31,32)/b5-3-,7-4-,24-9+. The van der Waals surface area contributed by atoms with Crippen LogP contribution in [-0.2, 0) is 17.3 Å². The summed E-state index contributed by atoms with van der Waals surface area (Å²) in [5.41, 5.74) is 9.20. The number of alkyl halides is 3. The van der Waals surface area contributed by atoms with E-state index in [4.69, 9.17) is 4.74 Å². The number of nitrogens with one attached hydrogen (secondary N) is 3. The number of hydrazine groups is 2. The third-order valence-corrected chi connectivity index (χ3v) is 5.07. The van der Waals surface area contributed by atoms with E-state index in [0.29, 0.717) is 36.9 Å². The summed E-state index contributed by atoms with van der Waals surface area (Å²) < 4.78 is 46.1. The Morgan fingerprint density at radius 3 is 2.56 bits per heavy atom. The zero-order valence-corrected chi connectivity index (χ0v) is 19.9. The fourth-order valence-corrected chi connectivity index (χ4v) is 3.38. The lowest BCUT2D eigenvalue weighted by molar-refractivity contribution is -0.137. The molecule has 0 fully saturated rings. The van der Waals surface area contributed by atoms with Crippen LogP contribution in [0.4, 0.5) is 13.2 Å². The average Bonchev–Trinajstić information content (AvgIpc) is 3.39. The van der Waals surface area contributed by atoms with Crippen molar-refractivity contribution in [2.45, 2.75) is 32.9 Å². The quantitative estimate of drug-likeness (QED) is 0.178. The van der Waals surface area contributed by atoms with Gasteiger partial charge < -0.3 is 9.84 Å². The van der Waals surface area contributed by atoms with Gasteiger partial charge in [0, 0.05) is 16.7 Å². The summed E-state index contributed by atoms with van der Waals surface area (Å²) in [6.07, 6.45) is 6.04. The van der Waals surface area contributed by atoms with E-state index in [1.807, 2.05) is 50.3 Å². The second kappa shape index (κ2) is 12.5. The van der Waals surface area contributed by atoms with Crippen LogP contribution in [-0.4, -0.2) is 17.5 Å². The molecular formula is C27H27F3N4O2. The number of aromatic hydroxyl groups is 1. The summed E-state index contributed by atoms with van der Waals surface area (Å²) >= 11 is 0. The molecule has 1 aliphatic rings. The first kappa shape index (κ1) is 26.4. The van der Waals surface area contributed by atoms with Gasteiger partial charge >= 0.3 is 6.18 Å². The van der Waals surface area contributed by atoms with Gasteiger partial charge in [-0.1, -0.05) is 30.1 Å². The van der Waals surface area contributed by atoms with E-state index in [1.54, 1.807) is 12.1 Å². The van der Waals surface area contributed by atoms with Gasteiger partial charge in [0.25, 0.3) is 0 Å². The minimum Gasteiger partial charge on any atom is -0.508 e. The first-order chi connectivity index (χ1) is 17.3. The molecule has 1 aliphatic heterocycles. The Bertz CT molecular complexity index is 1250. The molecule has 2 aromatic carbocycles. The summed E-state index contributed by atoms with van der Waals surface area (Å²) in [6.45, 7) is 4.28. The highest BCUT2D eigenvalue weighted by atomic mass is 19.4. The van der Waals surface area contributed by atoms with Crippen molar-refractivity contribution < 1.29 is 23.0 Å². The number of aryl methyl sites for hydroxylation is 1. The maximum absolute atomic E-state index is 13.4. The average molecular weight is 497 g/mol. The number of phenols is 1. The second-order valence-electron chi connectivity index (χ2n) is 7.72. The molecule has 188 valence electrons. The number of hydrazone groups is 1. The van der Waals surface area contributed by atoms with Gasteiger partial charge in [0.1, 0.15) is 11.5 Å². The van der Waals surface area contributed by atoms with Crippen molar-refractivity contribution in [3.05, 3.63) is 100 Å². The predicted molar refractivity (Wildman–Crippen MR) is 133 cm³/mol. The molecule has 1 heterocycles. The van der Waals surface area contributed by atoms with Gasteiger partial charge in [0.2, 0.25) is 0 Å². The molecule has 36 heavy (non-hydrogen) atoms. The van der Waals surface area contributed by atoms with E-state index in [0.717, 1.165) is 16.9 Å². The third-order valence-electron chi connectivity index (χ3n) is 5.07. The molecule has 0 bridgehead atoms. The normalized spacial score (nSPS) is 13.8. The van der Waals surface area contributed by atoms with Crippen molar-refractivity contribution in [1.29, 1.82) is 0 Å². The lowest BCUT2D eigenvalue weighted by Crippen LogP contribution is -2.35. The Labute approximate surface area is 208 Å². The first-order valence-electron chi connectivity index (χ1n) is 11.3. The van der Waals surface area contributed by atoms with E-state index >= 15 is 0 Å². The van der Waals surface area contributed by atoms with Crippen LogP contribution < -0.4 is 16.5 Å². The minimum absolute atomic E-state index is 0.209. The first-order valence-corrected chi connectivity index (χ1v) is 11.3. The van der Waals surface area contributed by atoms with Gasteiger partial charge in [-0.3, -0.25) is 5.43 Å². The summed E-state index contributed by atoms with van der Waals surface area (Å²) in [5.74, 6) is 6.36. The highest BCUT2D eigenvalue weighted by Gasteiger charge is 2.33. The van der Waals surface area contributed by atoms with Crippen molar-refractivity contribution in [3.63, 3.8) is 0 Å². The number of amidine groups is 1. The van der Waals surface area contributed by atoms with Gasteiger partial charge in [-0.15, -0.1) is 10.6 Å². The van der Waals surface area contributed by atoms with E-state index in [-0.39, 0.29) is 5.56 Å². The van der Waals surface area contributed by atoms with E-state index < -0.39 is 17.5 Å². The van der Waals surface area contributed by atoms with Crippen LogP contribution in [0, 0.1) is 11.8 Å². The molecule has 6 nitrogen and oxygen atoms in total. The Morgan fingerprint density at radius 2 is 1.86 bits per heavy atom. The van der Waals surface area contributed by atoms with Gasteiger partial charge in [0.15, 0.2) is 5.84 Å². The van der Waals surface area contributed by atoms with Crippen LogP contribution in [0.15, 0.2) is 77.6 Å². The van der Waals surface area contributed by atoms with Crippen molar-refractivity contribution in [2.75, 3.05) is 6.61 Å². The van der Waals surface area contributed by atoms with Crippen LogP contribution in [0.3, 0.4) is 0 Å². The second-order valence-corrected chi connectivity index (χ2v) is 7.72. The molecule has 9 heteroatoms. The maximum Gasteiger partial charge on any atom is 0.417 e. The Hall–Kier alpha value is -4.16. The molecule has 0 aliphatic carbocycles. The number of rotatable bonds is 8. The van der Waals surface area contributed by atoms with Crippen LogP contribution >= 0.6 is 0 Å². The molecule has 0 unspecified atom stereocenters. The Morgan fingerprint density at radius 1 is 1.08 bits per heavy atom. The van der Waals surface area contributed by atoms with Crippen LogP contribution in [0.1, 0.15) is 48.1 Å². The molecule has 4 N–H and O–H groups in total. The molecule has 0 atom stereocenters. The van der Waals surface area contributed by atoms with Gasteiger partial charge in [-0.25, -0.2) is 5.53 Å². The highest BCUT2D eigenvalue weighted by molar-refractivity contribution is 5.99. The van der Waals surface area contributed by atoms with E-state index in [2.05, 4.69) is 33.4 Å². The van der Waals surface area contributed by atoms with Gasteiger partial charge in [-0.05, 0) is 80.8 Å². The minimum atomic E-state index is -4.63. The monoisotopic (exact) mass is 496 g/mol. The molecule has 3 rings (SSSR count). The topological polar surface area (TPSA) is 77.9 Å².